The van der Waals surface area contributed by atoms with E-state index in [1.807, 2.05) is 24.3 Å². The van der Waals surface area contributed by atoms with Gasteiger partial charge in [-0.2, -0.15) is 0 Å². The van der Waals surface area contributed by atoms with Gasteiger partial charge in [0.25, 0.3) is 5.69 Å². The van der Waals surface area contributed by atoms with Gasteiger partial charge in [0.2, 0.25) is 0 Å². The van der Waals surface area contributed by atoms with Crippen molar-refractivity contribution in [2.24, 2.45) is 0 Å². The monoisotopic (exact) mass is 298 g/mol. The molecule has 114 valence electrons. The Labute approximate surface area is 129 Å². The Morgan fingerprint density at radius 3 is 2.77 bits per heavy atom. The minimum absolute atomic E-state index is 0.169. The first-order valence-electron chi connectivity index (χ1n) is 7.25. The molecular weight excluding hydrogens is 280 g/mol. The minimum Gasteiger partial charge on any atom is -0.496 e. The number of aryl methyl sites for hydroxylation is 1. The fourth-order valence-electron chi connectivity index (χ4n) is 3.03. The lowest BCUT2D eigenvalue weighted by molar-refractivity contribution is -0.385. The number of hydrogen-bond donors (Lipinski definition) is 0. The molecule has 0 unspecified atom stereocenters. The molecule has 5 nitrogen and oxygen atoms in total. The van der Waals surface area contributed by atoms with Crippen molar-refractivity contribution in [3.63, 3.8) is 0 Å². The zero-order chi connectivity index (χ0) is 15.7. The molecule has 0 radical (unpaired) electrons. The van der Waals surface area contributed by atoms with Gasteiger partial charge in [0.1, 0.15) is 5.75 Å². The normalized spacial score (nSPS) is 13.6. The Kier molecular flexibility index (Phi) is 3.71. The van der Waals surface area contributed by atoms with Crippen LogP contribution in [0, 0.1) is 17.0 Å². The predicted molar refractivity (Wildman–Crippen MR) is 85.6 cm³/mol. The van der Waals surface area contributed by atoms with Crippen LogP contribution in [0.25, 0.3) is 0 Å². The summed E-state index contributed by atoms with van der Waals surface area (Å²) in [5.41, 5.74) is 4.40. The molecule has 2 aromatic rings. The summed E-state index contributed by atoms with van der Waals surface area (Å²) in [6.07, 6.45) is 0.912. The van der Waals surface area contributed by atoms with E-state index in [-0.39, 0.29) is 10.6 Å². The first kappa shape index (κ1) is 14.4. The molecule has 22 heavy (non-hydrogen) atoms. The number of fused-ring (bicyclic) bond motifs is 1. The van der Waals surface area contributed by atoms with Crippen LogP contribution in [-0.2, 0) is 13.0 Å². The van der Waals surface area contributed by atoms with Crippen molar-refractivity contribution in [1.29, 1.82) is 0 Å². The highest BCUT2D eigenvalue weighted by Crippen LogP contribution is 2.31. The lowest BCUT2D eigenvalue weighted by Crippen LogP contribution is -2.30. The van der Waals surface area contributed by atoms with Crippen molar-refractivity contribution >= 4 is 11.4 Å². The van der Waals surface area contributed by atoms with Crippen molar-refractivity contribution in [1.82, 2.24) is 0 Å². The summed E-state index contributed by atoms with van der Waals surface area (Å²) in [5.74, 6) is 0.942. The summed E-state index contributed by atoms with van der Waals surface area (Å²) in [7, 11) is 1.70. The van der Waals surface area contributed by atoms with E-state index in [4.69, 9.17) is 4.74 Å². The molecule has 0 fully saturated rings. The number of ether oxygens (including phenoxy) is 1. The second-order valence-corrected chi connectivity index (χ2v) is 5.50. The molecule has 0 amide bonds. The van der Waals surface area contributed by atoms with Gasteiger partial charge in [-0.3, -0.25) is 10.1 Å². The zero-order valence-corrected chi connectivity index (χ0v) is 12.7. The lowest BCUT2D eigenvalue weighted by atomic mass is 9.98. The summed E-state index contributed by atoms with van der Waals surface area (Å²) in [6.45, 7) is 3.46. The van der Waals surface area contributed by atoms with Crippen LogP contribution >= 0.6 is 0 Å². The molecule has 0 aromatic heterocycles. The molecule has 1 aliphatic heterocycles. The average Bonchev–Trinajstić information content (AvgIpc) is 2.53. The van der Waals surface area contributed by atoms with E-state index >= 15 is 0 Å². The van der Waals surface area contributed by atoms with Crippen LogP contribution in [0.15, 0.2) is 36.4 Å². The number of nitro groups is 1. The van der Waals surface area contributed by atoms with Gasteiger partial charge in [-0.15, -0.1) is 0 Å². The van der Waals surface area contributed by atoms with Gasteiger partial charge < -0.3 is 9.64 Å². The molecule has 0 atom stereocenters. The Hall–Kier alpha value is -2.56. The first-order valence-corrected chi connectivity index (χ1v) is 7.25. The number of nitro benzene ring substituents is 1. The van der Waals surface area contributed by atoms with Crippen molar-refractivity contribution in [3.8, 4) is 5.75 Å². The summed E-state index contributed by atoms with van der Waals surface area (Å²) < 4.78 is 5.42. The van der Waals surface area contributed by atoms with E-state index in [0.717, 1.165) is 30.9 Å². The number of benzene rings is 2. The van der Waals surface area contributed by atoms with Crippen LogP contribution in [-0.4, -0.2) is 18.6 Å². The van der Waals surface area contributed by atoms with Gasteiger partial charge in [-0.25, -0.2) is 0 Å². The van der Waals surface area contributed by atoms with Gasteiger partial charge in [0.15, 0.2) is 0 Å². The smallest absolute Gasteiger partial charge is 0.272 e. The zero-order valence-electron chi connectivity index (χ0n) is 12.7. The highest BCUT2D eigenvalue weighted by atomic mass is 16.6. The van der Waals surface area contributed by atoms with Gasteiger partial charge in [-0.1, -0.05) is 12.1 Å². The maximum absolute atomic E-state index is 10.9. The first-order chi connectivity index (χ1) is 10.6. The third-order valence-electron chi connectivity index (χ3n) is 4.19. The average molecular weight is 298 g/mol. The van der Waals surface area contributed by atoms with Gasteiger partial charge in [0, 0.05) is 36.0 Å². The van der Waals surface area contributed by atoms with Crippen molar-refractivity contribution in [2.45, 2.75) is 19.9 Å². The quantitative estimate of drug-likeness (QED) is 0.643. The van der Waals surface area contributed by atoms with E-state index in [0.29, 0.717) is 5.56 Å². The summed E-state index contributed by atoms with van der Waals surface area (Å²) in [4.78, 5) is 12.8. The summed E-state index contributed by atoms with van der Waals surface area (Å²) in [5, 5.41) is 10.9. The molecule has 0 N–H and O–H groups in total. The van der Waals surface area contributed by atoms with E-state index in [1.165, 1.54) is 11.1 Å². The Bertz CT molecular complexity index is 728. The fourth-order valence-corrected chi connectivity index (χ4v) is 3.03. The number of methoxy groups -OCH3 is 1. The molecule has 1 heterocycles. The standard InChI is InChI=1S/C17H18N2O3/c1-12-10-14(6-7-16(12)19(20)21)18-9-8-15-13(11-18)4-3-5-17(15)22-2/h3-7,10H,8-9,11H2,1-2H3. The molecule has 2 aromatic carbocycles. The van der Waals surface area contributed by atoms with Gasteiger partial charge >= 0.3 is 0 Å². The third-order valence-corrected chi connectivity index (χ3v) is 4.19. The van der Waals surface area contributed by atoms with E-state index < -0.39 is 0 Å². The van der Waals surface area contributed by atoms with Gasteiger partial charge in [0.05, 0.1) is 12.0 Å². The topological polar surface area (TPSA) is 55.6 Å². The number of rotatable bonds is 3. The Balaban J connectivity index is 1.89. The second kappa shape index (κ2) is 5.67. The van der Waals surface area contributed by atoms with Crippen LogP contribution < -0.4 is 9.64 Å². The maximum Gasteiger partial charge on any atom is 0.272 e. The van der Waals surface area contributed by atoms with Gasteiger partial charge in [-0.05, 0) is 37.1 Å². The van der Waals surface area contributed by atoms with Crippen molar-refractivity contribution in [2.75, 3.05) is 18.6 Å². The largest absolute Gasteiger partial charge is 0.496 e. The fraction of sp³-hybridized carbons (Fsp3) is 0.294. The highest BCUT2D eigenvalue weighted by Gasteiger charge is 2.20. The second-order valence-electron chi connectivity index (χ2n) is 5.50. The number of anilines is 1. The molecule has 3 rings (SSSR count). The molecular formula is C17H18N2O3. The van der Waals surface area contributed by atoms with Crippen LogP contribution in [0.4, 0.5) is 11.4 Å². The van der Waals surface area contributed by atoms with Crippen LogP contribution in [0.2, 0.25) is 0 Å². The molecule has 0 saturated heterocycles. The SMILES string of the molecule is COc1cccc2c1CCN(c1ccc([N+](=O)[O-])c(C)c1)C2. The molecule has 5 heteroatoms. The predicted octanol–water partition coefficient (Wildman–Crippen LogP) is 3.47. The molecule has 0 saturated carbocycles. The molecule has 0 spiro atoms. The number of nitrogens with zero attached hydrogens (tertiary/aromatic N) is 2. The van der Waals surface area contributed by atoms with Crippen molar-refractivity contribution in [3.05, 3.63) is 63.2 Å². The van der Waals surface area contributed by atoms with Crippen LogP contribution in [0.1, 0.15) is 16.7 Å². The maximum atomic E-state index is 10.9. The van der Waals surface area contributed by atoms with E-state index in [2.05, 4.69) is 11.0 Å². The molecule has 0 aliphatic carbocycles. The number of hydrogen-bond acceptors (Lipinski definition) is 4. The third kappa shape index (κ3) is 2.50. The van der Waals surface area contributed by atoms with Crippen molar-refractivity contribution < 1.29 is 9.66 Å². The van der Waals surface area contributed by atoms with Crippen LogP contribution in [0.3, 0.4) is 0 Å². The Morgan fingerprint density at radius 2 is 2.09 bits per heavy atom. The summed E-state index contributed by atoms with van der Waals surface area (Å²) in [6, 6.07) is 11.4. The highest BCUT2D eigenvalue weighted by molar-refractivity contribution is 5.57. The minimum atomic E-state index is -0.338. The van der Waals surface area contributed by atoms with E-state index in [9.17, 15) is 10.1 Å². The molecule has 0 bridgehead atoms. The lowest BCUT2D eigenvalue weighted by Gasteiger charge is -2.31. The summed E-state index contributed by atoms with van der Waals surface area (Å²) >= 11 is 0. The van der Waals surface area contributed by atoms with Crippen LogP contribution in [0.5, 0.6) is 5.75 Å². The molecule has 1 aliphatic rings. The Morgan fingerprint density at radius 1 is 1.27 bits per heavy atom. The van der Waals surface area contributed by atoms with E-state index in [1.54, 1.807) is 20.1 Å².